The lowest BCUT2D eigenvalue weighted by molar-refractivity contribution is -0.386. The summed E-state index contributed by atoms with van der Waals surface area (Å²) in [5, 5.41) is 19.5. The number of rotatable bonds is 5. The van der Waals surface area contributed by atoms with Crippen LogP contribution in [0.1, 0.15) is 19.4 Å². The van der Waals surface area contributed by atoms with Gasteiger partial charge in [-0.1, -0.05) is 0 Å². The third-order valence-corrected chi connectivity index (χ3v) is 1.98. The van der Waals surface area contributed by atoms with Crippen molar-refractivity contribution in [1.82, 2.24) is 0 Å². The van der Waals surface area contributed by atoms with Gasteiger partial charge in [0.1, 0.15) is 0 Å². The second-order valence-electron chi connectivity index (χ2n) is 3.19. The Morgan fingerprint density at radius 3 is 2.82 bits per heavy atom. The van der Waals surface area contributed by atoms with Crippen molar-refractivity contribution in [2.24, 2.45) is 0 Å². The zero-order valence-electron chi connectivity index (χ0n) is 9.54. The second-order valence-corrected chi connectivity index (χ2v) is 3.19. The van der Waals surface area contributed by atoms with Crippen molar-refractivity contribution in [1.29, 1.82) is 5.26 Å². The maximum atomic E-state index is 10.8. The number of hydrogen-bond acceptors (Lipinski definition) is 5. The molecule has 0 aliphatic carbocycles. The first-order chi connectivity index (χ1) is 8.08. The highest BCUT2D eigenvalue weighted by Crippen LogP contribution is 2.28. The van der Waals surface area contributed by atoms with Gasteiger partial charge in [0.15, 0.2) is 12.0 Å². The van der Waals surface area contributed by atoms with E-state index >= 15 is 0 Å². The summed E-state index contributed by atoms with van der Waals surface area (Å²) < 4.78 is 10.4. The minimum absolute atomic E-state index is 0.0925. The number of ether oxygens (including phenoxy) is 2. The normalized spacial score (nSPS) is 11.6. The van der Waals surface area contributed by atoms with Crippen molar-refractivity contribution in [3.05, 3.63) is 33.9 Å². The lowest BCUT2D eigenvalue weighted by Crippen LogP contribution is -2.16. The van der Waals surface area contributed by atoms with E-state index in [2.05, 4.69) is 0 Å². The van der Waals surface area contributed by atoms with E-state index in [1.165, 1.54) is 18.2 Å². The standard InChI is InChI=1S/C11H12N2O4/c1-3-16-8(2)17-11-5-4-9(7-12)6-10(11)13(14)15/h4-6,8H,3H2,1-2H3. The van der Waals surface area contributed by atoms with Gasteiger partial charge in [-0.25, -0.2) is 0 Å². The van der Waals surface area contributed by atoms with Gasteiger partial charge in [0, 0.05) is 12.7 Å². The lowest BCUT2D eigenvalue weighted by Gasteiger charge is -2.14. The molecule has 0 aromatic heterocycles. The van der Waals surface area contributed by atoms with Crippen LogP contribution in [0, 0.1) is 21.4 Å². The van der Waals surface area contributed by atoms with Crippen LogP contribution in [0.5, 0.6) is 5.75 Å². The van der Waals surface area contributed by atoms with Crippen molar-refractivity contribution < 1.29 is 14.4 Å². The molecule has 0 amide bonds. The molecule has 17 heavy (non-hydrogen) atoms. The molecule has 0 saturated carbocycles. The van der Waals surface area contributed by atoms with Crippen LogP contribution in [0.25, 0.3) is 0 Å². The van der Waals surface area contributed by atoms with Gasteiger partial charge >= 0.3 is 5.69 Å². The molecular weight excluding hydrogens is 224 g/mol. The van der Waals surface area contributed by atoms with Gasteiger partial charge in [0.2, 0.25) is 0 Å². The fourth-order valence-corrected chi connectivity index (χ4v) is 1.28. The number of benzene rings is 1. The maximum Gasteiger partial charge on any atom is 0.312 e. The van der Waals surface area contributed by atoms with Crippen molar-refractivity contribution in [2.45, 2.75) is 20.1 Å². The number of nitro groups is 1. The van der Waals surface area contributed by atoms with Gasteiger partial charge < -0.3 is 9.47 Å². The molecule has 0 spiro atoms. The van der Waals surface area contributed by atoms with E-state index in [4.69, 9.17) is 14.7 Å². The Morgan fingerprint density at radius 2 is 2.29 bits per heavy atom. The Labute approximate surface area is 98.5 Å². The Hall–Kier alpha value is -2.13. The molecule has 0 fully saturated rings. The number of nitrogens with zero attached hydrogens (tertiary/aromatic N) is 2. The Kier molecular flexibility index (Phi) is 4.43. The molecule has 0 aliphatic heterocycles. The van der Waals surface area contributed by atoms with E-state index in [1.54, 1.807) is 13.8 Å². The molecule has 0 heterocycles. The van der Waals surface area contributed by atoms with Gasteiger partial charge in [-0.3, -0.25) is 10.1 Å². The molecule has 0 saturated heterocycles. The molecule has 1 aromatic carbocycles. The van der Waals surface area contributed by atoms with E-state index in [0.717, 1.165) is 0 Å². The minimum atomic E-state index is -0.588. The van der Waals surface area contributed by atoms with Gasteiger partial charge in [-0.05, 0) is 26.0 Å². The van der Waals surface area contributed by atoms with Crippen LogP contribution in [-0.4, -0.2) is 17.8 Å². The fraction of sp³-hybridized carbons (Fsp3) is 0.364. The third-order valence-electron chi connectivity index (χ3n) is 1.98. The predicted octanol–water partition coefficient (Wildman–Crippen LogP) is 2.23. The van der Waals surface area contributed by atoms with Crippen LogP contribution in [0.2, 0.25) is 0 Å². The Morgan fingerprint density at radius 1 is 1.59 bits per heavy atom. The van der Waals surface area contributed by atoms with Crippen LogP contribution in [0.3, 0.4) is 0 Å². The van der Waals surface area contributed by atoms with Crippen molar-refractivity contribution in [3.8, 4) is 11.8 Å². The van der Waals surface area contributed by atoms with Gasteiger partial charge in [0.05, 0.1) is 16.6 Å². The highest BCUT2D eigenvalue weighted by atomic mass is 16.7. The van der Waals surface area contributed by atoms with Gasteiger partial charge in [-0.15, -0.1) is 0 Å². The summed E-state index contributed by atoms with van der Waals surface area (Å²) in [6.07, 6.45) is -0.577. The topological polar surface area (TPSA) is 85.4 Å². The smallest absolute Gasteiger partial charge is 0.312 e. The van der Waals surface area contributed by atoms with Crippen LogP contribution >= 0.6 is 0 Å². The fourth-order valence-electron chi connectivity index (χ4n) is 1.28. The Bertz CT molecular complexity index is 453. The molecule has 6 nitrogen and oxygen atoms in total. The first-order valence-corrected chi connectivity index (χ1v) is 5.05. The summed E-state index contributed by atoms with van der Waals surface area (Å²) >= 11 is 0. The highest BCUT2D eigenvalue weighted by Gasteiger charge is 2.18. The zero-order valence-corrected chi connectivity index (χ0v) is 9.54. The van der Waals surface area contributed by atoms with Crippen molar-refractivity contribution in [3.63, 3.8) is 0 Å². The van der Waals surface area contributed by atoms with Crippen LogP contribution in [0.15, 0.2) is 18.2 Å². The number of hydrogen-bond donors (Lipinski definition) is 0. The van der Waals surface area contributed by atoms with Crippen LogP contribution in [0.4, 0.5) is 5.69 Å². The van der Waals surface area contributed by atoms with Gasteiger partial charge in [0.25, 0.3) is 0 Å². The molecule has 1 rings (SSSR count). The van der Waals surface area contributed by atoms with E-state index in [-0.39, 0.29) is 17.0 Å². The maximum absolute atomic E-state index is 10.8. The number of nitriles is 1. The summed E-state index contributed by atoms with van der Waals surface area (Å²) in [5.41, 5.74) is -0.0243. The summed E-state index contributed by atoms with van der Waals surface area (Å²) in [7, 11) is 0. The summed E-state index contributed by atoms with van der Waals surface area (Å²) in [6.45, 7) is 3.89. The molecule has 6 heteroatoms. The molecule has 0 radical (unpaired) electrons. The first-order valence-electron chi connectivity index (χ1n) is 5.05. The zero-order chi connectivity index (χ0) is 12.8. The van der Waals surface area contributed by atoms with Gasteiger partial charge in [-0.2, -0.15) is 5.26 Å². The number of nitro benzene ring substituents is 1. The summed E-state index contributed by atoms with van der Waals surface area (Å²) in [6, 6.07) is 5.87. The highest BCUT2D eigenvalue weighted by molar-refractivity contribution is 5.51. The quantitative estimate of drug-likeness (QED) is 0.444. The summed E-state index contributed by atoms with van der Waals surface area (Å²) in [5.74, 6) is 0.0925. The van der Waals surface area contributed by atoms with Crippen LogP contribution in [-0.2, 0) is 4.74 Å². The molecule has 0 bridgehead atoms. The average Bonchev–Trinajstić information content (AvgIpc) is 2.29. The monoisotopic (exact) mass is 236 g/mol. The van der Waals surface area contributed by atoms with Crippen LogP contribution < -0.4 is 4.74 Å². The van der Waals surface area contributed by atoms with E-state index in [0.29, 0.717) is 6.61 Å². The van der Waals surface area contributed by atoms with Crippen molar-refractivity contribution >= 4 is 5.69 Å². The average molecular weight is 236 g/mol. The van der Waals surface area contributed by atoms with E-state index < -0.39 is 11.2 Å². The lowest BCUT2D eigenvalue weighted by atomic mass is 10.2. The summed E-state index contributed by atoms with van der Waals surface area (Å²) in [4.78, 5) is 10.2. The molecule has 0 aliphatic rings. The van der Waals surface area contributed by atoms with E-state index in [1.807, 2.05) is 6.07 Å². The minimum Gasteiger partial charge on any atom is -0.458 e. The molecule has 1 aromatic rings. The first kappa shape index (κ1) is 12.9. The third kappa shape index (κ3) is 3.43. The predicted molar refractivity (Wildman–Crippen MR) is 59.5 cm³/mol. The van der Waals surface area contributed by atoms with Crippen molar-refractivity contribution in [2.75, 3.05) is 6.61 Å². The molecular formula is C11H12N2O4. The molecule has 1 atom stereocenters. The Balaban J connectivity index is 2.99. The molecule has 90 valence electrons. The van der Waals surface area contributed by atoms with E-state index in [9.17, 15) is 10.1 Å². The molecule has 1 unspecified atom stereocenters. The largest absolute Gasteiger partial charge is 0.458 e. The molecule has 0 N–H and O–H groups in total. The SMILES string of the molecule is CCOC(C)Oc1ccc(C#N)cc1[N+](=O)[O-]. The second kappa shape index (κ2) is 5.82.